The monoisotopic (exact) mass is 339 g/mol. The quantitative estimate of drug-likeness (QED) is 0.847. The number of halogens is 2. The number of benzene rings is 1. The van der Waals surface area contributed by atoms with Crippen molar-refractivity contribution in [1.82, 2.24) is 0 Å². The molecule has 2 fully saturated rings. The van der Waals surface area contributed by atoms with Gasteiger partial charge in [0, 0.05) is 11.8 Å². The van der Waals surface area contributed by atoms with Crippen molar-refractivity contribution in [1.29, 1.82) is 0 Å². The zero-order valence-corrected chi connectivity index (χ0v) is 14.4. The average molecular weight is 340 g/mol. The molecule has 3 rings (SSSR count). The molecule has 1 amide bonds. The van der Waals surface area contributed by atoms with Crippen molar-refractivity contribution in [3.8, 4) is 0 Å². The molecule has 1 aromatic rings. The lowest BCUT2D eigenvalue weighted by Crippen LogP contribution is -2.43. The van der Waals surface area contributed by atoms with Crippen LogP contribution in [0.25, 0.3) is 0 Å². The number of hydrogen-bond acceptors (Lipinski definition) is 2. The molecule has 2 aliphatic rings. The van der Waals surface area contributed by atoms with Crippen molar-refractivity contribution >= 4 is 40.6 Å². The summed E-state index contributed by atoms with van der Waals surface area (Å²) >= 11 is 12.3. The van der Waals surface area contributed by atoms with Crippen LogP contribution in [-0.2, 0) is 9.59 Å². The molecule has 22 heavy (non-hydrogen) atoms. The molecular formula is C17H19Cl2NO2. The minimum Gasteiger partial charge on any atom is -0.323 e. The van der Waals surface area contributed by atoms with Crippen molar-refractivity contribution < 1.29 is 9.59 Å². The summed E-state index contributed by atoms with van der Waals surface area (Å²) < 4.78 is 0. The van der Waals surface area contributed by atoms with Gasteiger partial charge in [-0.25, -0.2) is 0 Å². The highest BCUT2D eigenvalue weighted by Crippen LogP contribution is 2.70. The van der Waals surface area contributed by atoms with Crippen LogP contribution in [0.1, 0.15) is 40.0 Å². The predicted molar refractivity (Wildman–Crippen MR) is 88.3 cm³/mol. The van der Waals surface area contributed by atoms with Crippen LogP contribution in [0.3, 0.4) is 0 Å². The number of rotatable bonds is 2. The molecule has 2 unspecified atom stereocenters. The molecule has 0 radical (unpaired) electrons. The third kappa shape index (κ3) is 1.75. The lowest BCUT2D eigenvalue weighted by Gasteiger charge is -2.38. The maximum Gasteiger partial charge on any atom is 0.231 e. The summed E-state index contributed by atoms with van der Waals surface area (Å²) in [7, 11) is 0. The van der Waals surface area contributed by atoms with Gasteiger partial charge in [-0.3, -0.25) is 9.59 Å². The van der Waals surface area contributed by atoms with Crippen LogP contribution < -0.4 is 5.32 Å². The van der Waals surface area contributed by atoms with E-state index in [1.165, 1.54) is 0 Å². The largest absolute Gasteiger partial charge is 0.323 e. The van der Waals surface area contributed by atoms with Crippen molar-refractivity contribution in [2.45, 2.75) is 40.0 Å². The van der Waals surface area contributed by atoms with Gasteiger partial charge in [-0.05, 0) is 30.4 Å². The van der Waals surface area contributed by atoms with Crippen LogP contribution >= 0.6 is 23.2 Å². The number of fused-ring (bicyclic) bond motifs is 2. The molecule has 0 saturated heterocycles. The Morgan fingerprint density at radius 1 is 1.14 bits per heavy atom. The molecule has 0 aromatic heterocycles. The van der Waals surface area contributed by atoms with E-state index in [2.05, 4.69) is 5.32 Å². The summed E-state index contributed by atoms with van der Waals surface area (Å²) in [6.45, 7) is 6.04. The van der Waals surface area contributed by atoms with E-state index in [0.29, 0.717) is 22.2 Å². The normalized spacial score (nSPS) is 32.3. The van der Waals surface area contributed by atoms with Gasteiger partial charge in [-0.1, -0.05) is 50.0 Å². The number of nitrogens with one attached hydrogen (secondary N) is 1. The van der Waals surface area contributed by atoms with Crippen LogP contribution in [-0.4, -0.2) is 11.7 Å². The van der Waals surface area contributed by atoms with Gasteiger partial charge in [-0.15, -0.1) is 0 Å². The first kappa shape index (κ1) is 15.8. The van der Waals surface area contributed by atoms with Gasteiger partial charge in [0.1, 0.15) is 5.78 Å². The van der Waals surface area contributed by atoms with Crippen molar-refractivity contribution in [3.05, 3.63) is 28.2 Å². The third-order valence-electron chi connectivity index (χ3n) is 6.34. The zero-order valence-electron chi connectivity index (χ0n) is 12.9. The maximum atomic E-state index is 13.0. The molecule has 2 bridgehead atoms. The van der Waals surface area contributed by atoms with E-state index < -0.39 is 10.8 Å². The number of amides is 1. The highest BCUT2D eigenvalue weighted by atomic mass is 35.5. The molecule has 1 aromatic carbocycles. The highest BCUT2D eigenvalue weighted by molar-refractivity contribution is 6.39. The van der Waals surface area contributed by atoms with Crippen LogP contribution in [0.2, 0.25) is 10.0 Å². The second-order valence-corrected chi connectivity index (χ2v) is 8.00. The fourth-order valence-electron chi connectivity index (χ4n) is 4.21. The van der Waals surface area contributed by atoms with E-state index in [1.54, 1.807) is 18.2 Å². The molecule has 3 nitrogen and oxygen atoms in total. The molecule has 1 N–H and O–H groups in total. The summed E-state index contributed by atoms with van der Waals surface area (Å²) in [5.41, 5.74) is -1.06. The molecule has 0 heterocycles. The Hall–Kier alpha value is -1.06. The maximum absolute atomic E-state index is 13.0. The van der Waals surface area contributed by atoms with Gasteiger partial charge in [0.25, 0.3) is 0 Å². The number of hydrogen-bond donors (Lipinski definition) is 1. The van der Waals surface area contributed by atoms with Gasteiger partial charge >= 0.3 is 0 Å². The number of Topliss-reactive ketones (excluding diaryl/α,β-unsaturated/α-hetero) is 1. The van der Waals surface area contributed by atoms with E-state index in [0.717, 1.165) is 12.8 Å². The fourth-order valence-corrected chi connectivity index (χ4v) is 4.70. The number of carbonyl (C=O) groups is 2. The standard InChI is InChI=1S/C17H19Cl2NO2/c1-15(2)16(3)7-8-17(15,9-12(16)21)14(22)20-13-10(18)5-4-6-11(13)19/h4-6H,7-9H2,1-3H3,(H,20,22). The van der Waals surface area contributed by atoms with Crippen LogP contribution in [0.15, 0.2) is 18.2 Å². The number of ketones is 1. The van der Waals surface area contributed by atoms with Crippen molar-refractivity contribution in [2.75, 3.05) is 5.32 Å². The molecule has 5 heteroatoms. The predicted octanol–water partition coefficient (Wildman–Crippen LogP) is 4.72. The Kier molecular flexibility index (Phi) is 3.39. The SMILES string of the molecule is CC12CCC(C(=O)Nc3c(Cl)cccc3Cl)(CC1=O)C2(C)C. The molecule has 0 aliphatic heterocycles. The Labute approximate surface area is 140 Å². The van der Waals surface area contributed by atoms with E-state index in [1.807, 2.05) is 20.8 Å². The van der Waals surface area contributed by atoms with Crippen LogP contribution in [0.5, 0.6) is 0 Å². The summed E-state index contributed by atoms with van der Waals surface area (Å²) in [6, 6.07) is 5.10. The van der Waals surface area contributed by atoms with Gasteiger partial charge in [0.05, 0.1) is 21.1 Å². The van der Waals surface area contributed by atoms with Gasteiger partial charge in [0.15, 0.2) is 0 Å². The Morgan fingerprint density at radius 2 is 1.73 bits per heavy atom. The minimum absolute atomic E-state index is 0.151. The van der Waals surface area contributed by atoms with Crippen LogP contribution in [0, 0.1) is 16.2 Å². The third-order valence-corrected chi connectivity index (χ3v) is 6.97. The second kappa shape index (κ2) is 4.72. The molecular weight excluding hydrogens is 321 g/mol. The average Bonchev–Trinajstić information content (AvgIpc) is 2.73. The van der Waals surface area contributed by atoms with Gasteiger partial charge in [0.2, 0.25) is 5.91 Å². The number of carbonyl (C=O) groups excluding carboxylic acids is 2. The first-order valence-electron chi connectivity index (χ1n) is 7.44. The fraction of sp³-hybridized carbons (Fsp3) is 0.529. The minimum atomic E-state index is -0.679. The summed E-state index contributed by atoms with van der Waals surface area (Å²) in [6.07, 6.45) is 1.77. The lowest BCUT2D eigenvalue weighted by molar-refractivity contribution is -0.131. The van der Waals surface area contributed by atoms with Crippen LogP contribution in [0.4, 0.5) is 5.69 Å². The smallest absolute Gasteiger partial charge is 0.231 e. The molecule has 2 aliphatic carbocycles. The molecule has 2 saturated carbocycles. The zero-order chi connectivity index (χ0) is 16.3. The second-order valence-electron chi connectivity index (χ2n) is 7.19. The number of anilines is 1. The van der Waals surface area contributed by atoms with E-state index in [4.69, 9.17) is 23.2 Å². The van der Waals surface area contributed by atoms with Crippen molar-refractivity contribution in [2.24, 2.45) is 16.2 Å². The molecule has 0 spiro atoms. The van der Waals surface area contributed by atoms with Gasteiger partial charge < -0.3 is 5.32 Å². The van der Waals surface area contributed by atoms with E-state index in [-0.39, 0.29) is 17.1 Å². The first-order chi connectivity index (χ1) is 10.2. The summed E-state index contributed by atoms with van der Waals surface area (Å²) in [5.74, 6) is 0.0335. The lowest BCUT2D eigenvalue weighted by atomic mass is 9.64. The highest BCUT2D eigenvalue weighted by Gasteiger charge is 2.72. The summed E-state index contributed by atoms with van der Waals surface area (Å²) in [4.78, 5) is 25.5. The van der Waals surface area contributed by atoms with Gasteiger partial charge in [-0.2, -0.15) is 0 Å². The van der Waals surface area contributed by atoms with E-state index in [9.17, 15) is 9.59 Å². The van der Waals surface area contributed by atoms with Crippen molar-refractivity contribution in [3.63, 3.8) is 0 Å². The summed E-state index contributed by atoms with van der Waals surface area (Å²) in [5, 5.41) is 3.68. The number of para-hydroxylation sites is 1. The Morgan fingerprint density at radius 3 is 2.18 bits per heavy atom. The Balaban J connectivity index is 1.98. The molecule has 118 valence electrons. The first-order valence-corrected chi connectivity index (χ1v) is 8.20. The topological polar surface area (TPSA) is 46.2 Å². The van der Waals surface area contributed by atoms with E-state index >= 15 is 0 Å². The Bertz CT molecular complexity index is 665. The molecule has 2 atom stereocenters.